The van der Waals surface area contributed by atoms with Gasteiger partial charge in [-0.2, -0.15) is 0 Å². The lowest BCUT2D eigenvalue weighted by molar-refractivity contribution is 0.791. The number of nitrogens with one attached hydrogen (secondary N) is 1. The summed E-state index contributed by atoms with van der Waals surface area (Å²) in [5, 5.41) is 3.02. The van der Waals surface area contributed by atoms with Crippen molar-refractivity contribution < 1.29 is 0 Å². The van der Waals surface area contributed by atoms with Gasteiger partial charge in [0.25, 0.3) is 0 Å². The molecule has 2 heteroatoms. The van der Waals surface area contributed by atoms with E-state index in [9.17, 15) is 0 Å². The molecule has 0 aromatic carbocycles. The van der Waals surface area contributed by atoms with Gasteiger partial charge in [-0.3, -0.25) is 4.98 Å². The smallest absolute Gasteiger partial charge is 0.0541 e. The summed E-state index contributed by atoms with van der Waals surface area (Å²) in [5.41, 5.74) is 1.08. The summed E-state index contributed by atoms with van der Waals surface area (Å²) < 4.78 is 0. The zero-order chi connectivity index (χ0) is 8.53. The average Bonchev–Trinajstić information content (AvgIpc) is 2.11. The van der Waals surface area contributed by atoms with E-state index in [2.05, 4.69) is 10.3 Å². The van der Waals surface area contributed by atoms with Crippen LogP contribution in [0.25, 0.3) is 0 Å². The van der Waals surface area contributed by atoms with Crippen LogP contribution in [-0.4, -0.2) is 12.0 Å². The van der Waals surface area contributed by atoms with E-state index in [-0.39, 0.29) is 0 Å². The van der Waals surface area contributed by atoms with E-state index in [1.807, 2.05) is 39.1 Å². The molecule has 62 valence electrons. The Labute approximate surface area is 68.7 Å². The van der Waals surface area contributed by atoms with E-state index in [0.29, 0.717) is 0 Å². The van der Waals surface area contributed by atoms with Crippen LogP contribution in [0.1, 0.15) is 19.5 Å². The van der Waals surface area contributed by atoms with Crippen molar-refractivity contribution >= 4 is 0 Å². The number of aromatic nitrogens is 1. The van der Waals surface area contributed by atoms with Crippen molar-refractivity contribution in [2.45, 2.75) is 20.4 Å². The standard InChI is InChI=1S/C7H10N2.C2H6/c1-8-6-7-4-2-3-5-9-7;1-2/h2-5,8H,6H2,1H3;1-2H3. The molecule has 0 radical (unpaired) electrons. The first-order valence-corrected chi connectivity index (χ1v) is 3.98. The first-order valence-electron chi connectivity index (χ1n) is 3.98. The molecular formula is C9H16N2. The molecule has 0 fully saturated rings. The third-order valence-electron chi connectivity index (χ3n) is 1.08. The topological polar surface area (TPSA) is 24.9 Å². The summed E-state index contributed by atoms with van der Waals surface area (Å²) in [4.78, 5) is 4.11. The molecule has 1 aromatic rings. The number of nitrogens with zero attached hydrogens (tertiary/aromatic N) is 1. The first-order chi connectivity index (χ1) is 5.43. The number of pyridine rings is 1. The lowest BCUT2D eigenvalue weighted by Gasteiger charge is -1.94. The highest BCUT2D eigenvalue weighted by Crippen LogP contribution is 1.89. The molecule has 1 heterocycles. The molecular weight excluding hydrogens is 136 g/mol. The average molecular weight is 152 g/mol. The Morgan fingerprint density at radius 2 is 2.09 bits per heavy atom. The van der Waals surface area contributed by atoms with Gasteiger partial charge in [0.1, 0.15) is 0 Å². The fourth-order valence-electron chi connectivity index (χ4n) is 0.684. The number of hydrogen-bond acceptors (Lipinski definition) is 2. The normalized spacial score (nSPS) is 8.27. The fourth-order valence-corrected chi connectivity index (χ4v) is 0.684. The SMILES string of the molecule is CC.CNCc1ccccn1. The van der Waals surface area contributed by atoms with Gasteiger partial charge >= 0.3 is 0 Å². The summed E-state index contributed by atoms with van der Waals surface area (Å²) >= 11 is 0. The molecule has 0 aliphatic heterocycles. The molecule has 1 aromatic heterocycles. The van der Waals surface area contributed by atoms with Crippen molar-refractivity contribution in [1.82, 2.24) is 10.3 Å². The van der Waals surface area contributed by atoms with Crippen LogP contribution < -0.4 is 5.32 Å². The van der Waals surface area contributed by atoms with E-state index in [1.165, 1.54) is 0 Å². The zero-order valence-corrected chi connectivity index (χ0v) is 7.46. The second-order valence-electron chi connectivity index (χ2n) is 1.85. The van der Waals surface area contributed by atoms with Crippen LogP contribution in [-0.2, 0) is 6.54 Å². The van der Waals surface area contributed by atoms with E-state index in [1.54, 1.807) is 6.20 Å². The van der Waals surface area contributed by atoms with Crippen molar-refractivity contribution in [2.75, 3.05) is 7.05 Å². The van der Waals surface area contributed by atoms with Crippen molar-refractivity contribution in [1.29, 1.82) is 0 Å². The molecule has 1 N–H and O–H groups in total. The van der Waals surface area contributed by atoms with Crippen molar-refractivity contribution in [2.24, 2.45) is 0 Å². The van der Waals surface area contributed by atoms with Gasteiger partial charge < -0.3 is 5.32 Å². The maximum atomic E-state index is 4.11. The van der Waals surface area contributed by atoms with E-state index in [0.717, 1.165) is 12.2 Å². The maximum Gasteiger partial charge on any atom is 0.0541 e. The van der Waals surface area contributed by atoms with E-state index in [4.69, 9.17) is 0 Å². The second kappa shape index (κ2) is 7.22. The Hall–Kier alpha value is -0.890. The number of rotatable bonds is 2. The highest BCUT2D eigenvalue weighted by molar-refractivity contribution is 5.02. The quantitative estimate of drug-likeness (QED) is 0.699. The van der Waals surface area contributed by atoms with Crippen molar-refractivity contribution in [3.05, 3.63) is 30.1 Å². The molecule has 0 aliphatic carbocycles. The summed E-state index contributed by atoms with van der Waals surface area (Å²) in [6.45, 7) is 4.85. The predicted octanol–water partition coefficient (Wildman–Crippen LogP) is 1.83. The summed E-state index contributed by atoms with van der Waals surface area (Å²) in [6, 6.07) is 5.90. The summed E-state index contributed by atoms with van der Waals surface area (Å²) in [5.74, 6) is 0. The Morgan fingerprint density at radius 1 is 1.36 bits per heavy atom. The molecule has 0 amide bonds. The Bertz CT molecular complexity index is 160. The molecule has 0 aliphatic rings. The van der Waals surface area contributed by atoms with Crippen molar-refractivity contribution in [3.8, 4) is 0 Å². The monoisotopic (exact) mass is 152 g/mol. The van der Waals surface area contributed by atoms with Crippen LogP contribution in [0.5, 0.6) is 0 Å². The lowest BCUT2D eigenvalue weighted by atomic mass is 10.3. The summed E-state index contributed by atoms with van der Waals surface area (Å²) in [6.07, 6.45) is 1.80. The van der Waals surface area contributed by atoms with Gasteiger partial charge in [0, 0.05) is 12.7 Å². The molecule has 0 saturated carbocycles. The Morgan fingerprint density at radius 3 is 2.55 bits per heavy atom. The maximum absolute atomic E-state index is 4.11. The summed E-state index contributed by atoms with van der Waals surface area (Å²) in [7, 11) is 1.91. The van der Waals surface area contributed by atoms with Crippen LogP contribution in [0.2, 0.25) is 0 Å². The molecule has 0 bridgehead atoms. The van der Waals surface area contributed by atoms with Gasteiger partial charge in [-0.15, -0.1) is 0 Å². The van der Waals surface area contributed by atoms with Gasteiger partial charge in [0.15, 0.2) is 0 Å². The van der Waals surface area contributed by atoms with E-state index < -0.39 is 0 Å². The molecule has 2 nitrogen and oxygen atoms in total. The van der Waals surface area contributed by atoms with E-state index >= 15 is 0 Å². The highest BCUT2D eigenvalue weighted by Gasteiger charge is 1.85. The van der Waals surface area contributed by atoms with Gasteiger partial charge in [-0.05, 0) is 19.2 Å². The van der Waals surface area contributed by atoms with Crippen LogP contribution in [0, 0.1) is 0 Å². The molecule has 1 rings (SSSR count). The molecule has 0 spiro atoms. The third-order valence-corrected chi connectivity index (χ3v) is 1.08. The Balaban J connectivity index is 0.000000461. The minimum atomic E-state index is 0.848. The lowest BCUT2D eigenvalue weighted by Crippen LogP contribution is -2.05. The van der Waals surface area contributed by atoms with Gasteiger partial charge in [0.05, 0.1) is 5.69 Å². The van der Waals surface area contributed by atoms with Gasteiger partial charge in [-0.1, -0.05) is 19.9 Å². The fraction of sp³-hybridized carbons (Fsp3) is 0.444. The predicted molar refractivity (Wildman–Crippen MR) is 48.3 cm³/mol. The molecule has 0 unspecified atom stereocenters. The third kappa shape index (κ3) is 4.51. The highest BCUT2D eigenvalue weighted by atomic mass is 14.8. The van der Waals surface area contributed by atoms with Gasteiger partial charge in [-0.25, -0.2) is 0 Å². The first kappa shape index (κ1) is 10.1. The second-order valence-corrected chi connectivity index (χ2v) is 1.85. The minimum Gasteiger partial charge on any atom is -0.314 e. The molecule has 0 saturated heterocycles. The Kier molecular flexibility index (Phi) is 6.64. The largest absolute Gasteiger partial charge is 0.314 e. The van der Waals surface area contributed by atoms with Crippen LogP contribution in [0.15, 0.2) is 24.4 Å². The van der Waals surface area contributed by atoms with Crippen molar-refractivity contribution in [3.63, 3.8) is 0 Å². The van der Waals surface area contributed by atoms with Crippen LogP contribution in [0.3, 0.4) is 0 Å². The number of hydrogen-bond donors (Lipinski definition) is 1. The van der Waals surface area contributed by atoms with Crippen LogP contribution >= 0.6 is 0 Å². The molecule has 0 atom stereocenters. The van der Waals surface area contributed by atoms with Crippen LogP contribution in [0.4, 0.5) is 0 Å². The zero-order valence-electron chi connectivity index (χ0n) is 7.46. The minimum absolute atomic E-state index is 0.848. The molecule has 11 heavy (non-hydrogen) atoms. The van der Waals surface area contributed by atoms with Gasteiger partial charge in [0.2, 0.25) is 0 Å².